The van der Waals surface area contributed by atoms with Crippen LogP contribution in [0.4, 0.5) is 13.2 Å². The van der Waals surface area contributed by atoms with Crippen molar-refractivity contribution in [1.82, 2.24) is 0 Å². The fourth-order valence-electron chi connectivity index (χ4n) is 3.51. The van der Waals surface area contributed by atoms with Gasteiger partial charge in [-0.05, 0) is 66.5 Å². The zero-order valence-electron chi connectivity index (χ0n) is 16.3. The number of hydrogen-bond acceptors (Lipinski definition) is 3. The molecule has 0 aromatic heterocycles. The summed E-state index contributed by atoms with van der Waals surface area (Å²) in [5, 5.41) is 9.71. The molecule has 0 amide bonds. The van der Waals surface area contributed by atoms with Crippen LogP contribution in [0.5, 0.6) is 11.5 Å². The van der Waals surface area contributed by atoms with Gasteiger partial charge < -0.3 is 14.6 Å². The van der Waals surface area contributed by atoms with Gasteiger partial charge in [0, 0.05) is 5.56 Å². The molecular weight excluding hydrogens is 397 g/mol. The number of ether oxygens (including phenoxy) is 2. The molecular formula is C23H23F3O4. The largest absolute Gasteiger partial charge is 0.573 e. The first-order valence-corrected chi connectivity index (χ1v) is 10.1. The molecule has 0 heterocycles. The summed E-state index contributed by atoms with van der Waals surface area (Å²) in [6, 6.07) is 10.9. The second-order valence-corrected chi connectivity index (χ2v) is 8.15. The van der Waals surface area contributed by atoms with Crippen LogP contribution in [0.15, 0.2) is 42.5 Å². The van der Waals surface area contributed by atoms with Gasteiger partial charge in [0.15, 0.2) is 0 Å². The Hall–Kier alpha value is -2.70. The van der Waals surface area contributed by atoms with Crippen molar-refractivity contribution in [2.24, 2.45) is 11.8 Å². The van der Waals surface area contributed by atoms with E-state index in [0.29, 0.717) is 47.3 Å². The molecule has 4 rings (SSSR count). The average molecular weight is 420 g/mol. The zero-order valence-corrected chi connectivity index (χ0v) is 16.3. The third-order valence-corrected chi connectivity index (χ3v) is 5.54. The van der Waals surface area contributed by atoms with E-state index in [2.05, 4.69) is 4.74 Å². The van der Waals surface area contributed by atoms with Gasteiger partial charge in [0.25, 0.3) is 0 Å². The molecule has 0 radical (unpaired) electrons. The smallest absolute Gasteiger partial charge is 0.493 e. The Labute approximate surface area is 172 Å². The second-order valence-electron chi connectivity index (χ2n) is 8.15. The summed E-state index contributed by atoms with van der Waals surface area (Å²) in [5.41, 5.74) is 2.00. The van der Waals surface area contributed by atoms with Crippen molar-refractivity contribution >= 4 is 5.97 Å². The van der Waals surface area contributed by atoms with Crippen LogP contribution < -0.4 is 9.47 Å². The van der Waals surface area contributed by atoms with E-state index < -0.39 is 18.2 Å². The lowest BCUT2D eigenvalue weighted by Gasteiger charge is -2.17. The predicted molar refractivity (Wildman–Crippen MR) is 104 cm³/mol. The maximum Gasteiger partial charge on any atom is 0.573 e. The highest BCUT2D eigenvalue weighted by molar-refractivity contribution is 5.79. The number of rotatable bonds is 9. The SMILES string of the molecule is O=C(O)C(CC1CC1)c1ccc(OCC2CC2)c(-c2ccc(OC(F)(F)F)cc2)c1. The summed E-state index contributed by atoms with van der Waals surface area (Å²) in [6.07, 6.45) is 0.200. The minimum Gasteiger partial charge on any atom is -0.493 e. The quantitative estimate of drug-likeness (QED) is 0.540. The van der Waals surface area contributed by atoms with E-state index in [1.807, 2.05) is 0 Å². The molecule has 1 atom stereocenters. The maximum absolute atomic E-state index is 12.4. The lowest BCUT2D eigenvalue weighted by Crippen LogP contribution is -2.16. The maximum atomic E-state index is 12.4. The number of carboxylic acid groups (broad SMARTS) is 1. The van der Waals surface area contributed by atoms with E-state index in [4.69, 9.17) is 4.74 Å². The Bertz CT molecular complexity index is 900. The van der Waals surface area contributed by atoms with Crippen molar-refractivity contribution in [3.05, 3.63) is 48.0 Å². The van der Waals surface area contributed by atoms with Crippen molar-refractivity contribution in [2.45, 2.75) is 44.4 Å². The van der Waals surface area contributed by atoms with Gasteiger partial charge >= 0.3 is 12.3 Å². The average Bonchev–Trinajstić information content (AvgIpc) is 3.59. The summed E-state index contributed by atoms with van der Waals surface area (Å²) in [5.74, 6) is -0.207. The van der Waals surface area contributed by atoms with Gasteiger partial charge in [-0.25, -0.2) is 0 Å². The van der Waals surface area contributed by atoms with E-state index in [0.717, 1.165) is 25.7 Å². The van der Waals surface area contributed by atoms with E-state index >= 15 is 0 Å². The highest BCUT2D eigenvalue weighted by atomic mass is 19.4. The van der Waals surface area contributed by atoms with Crippen LogP contribution in [0.3, 0.4) is 0 Å². The Morgan fingerprint density at radius 3 is 2.27 bits per heavy atom. The lowest BCUT2D eigenvalue weighted by atomic mass is 9.90. The molecule has 4 nitrogen and oxygen atoms in total. The number of halogens is 3. The number of alkyl halides is 3. The van der Waals surface area contributed by atoms with Gasteiger partial charge in [-0.3, -0.25) is 4.79 Å². The highest BCUT2D eigenvalue weighted by Gasteiger charge is 2.32. The van der Waals surface area contributed by atoms with Crippen LogP contribution in [-0.4, -0.2) is 24.0 Å². The number of carbonyl (C=O) groups is 1. The molecule has 7 heteroatoms. The Balaban J connectivity index is 1.64. The molecule has 2 fully saturated rings. The van der Waals surface area contributed by atoms with E-state index in [-0.39, 0.29) is 5.75 Å². The van der Waals surface area contributed by atoms with E-state index in [1.54, 1.807) is 18.2 Å². The molecule has 0 bridgehead atoms. The van der Waals surface area contributed by atoms with Crippen LogP contribution in [0.25, 0.3) is 11.1 Å². The normalized spacial score (nSPS) is 17.4. The first-order chi connectivity index (χ1) is 14.3. The van der Waals surface area contributed by atoms with Crippen LogP contribution in [0.1, 0.15) is 43.6 Å². The molecule has 2 aromatic carbocycles. The minimum atomic E-state index is -4.75. The third kappa shape index (κ3) is 5.46. The fourth-order valence-corrected chi connectivity index (χ4v) is 3.51. The molecule has 0 spiro atoms. The molecule has 0 saturated heterocycles. The fraction of sp³-hybridized carbons (Fsp3) is 0.435. The third-order valence-electron chi connectivity index (χ3n) is 5.54. The van der Waals surface area contributed by atoms with E-state index in [1.165, 1.54) is 24.3 Å². The zero-order chi connectivity index (χ0) is 21.3. The molecule has 2 aliphatic carbocycles. The van der Waals surface area contributed by atoms with Gasteiger partial charge in [0.05, 0.1) is 12.5 Å². The van der Waals surface area contributed by atoms with Crippen LogP contribution >= 0.6 is 0 Å². The topological polar surface area (TPSA) is 55.8 Å². The molecule has 2 aromatic rings. The van der Waals surface area contributed by atoms with Crippen LogP contribution in [0, 0.1) is 11.8 Å². The highest BCUT2D eigenvalue weighted by Crippen LogP contribution is 2.41. The van der Waals surface area contributed by atoms with Gasteiger partial charge in [-0.15, -0.1) is 13.2 Å². The Kier molecular flexibility index (Phi) is 5.62. The number of aliphatic carboxylic acids is 1. The summed E-state index contributed by atoms with van der Waals surface area (Å²) in [4.78, 5) is 11.8. The van der Waals surface area contributed by atoms with E-state index in [9.17, 15) is 23.1 Å². The van der Waals surface area contributed by atoms with Crippen molar-refractivity contribution in [3.63, 3.8) is 0 Å². The molecule has 1 N–H and O–H groups in total. The minimum absolute atomic E-state index is 0.306. The molecule has 1 unspecified atom stereocenters. The van der Waals surface area contributed by atoms with Crippen LogP contribution in [-0.2, 0) is 4.79 Å². The number of hydrogen-bond donors (Lipinski definition) is 1. The predicted octanol–water partition coefficient (Wildman–Crippen LogP) is 6.01. The summed E-state index contributed by atoms with van der Waals surface area (Å²) in [7, 11) is 0. The molecule has 30 heavy (non-hydrogen) atoms. The van der Waals surface area contributed by atoms with Gasteiger partial charge in [0.1, 0.15) is 11.5 Å². The number of benzene rings is 2. The first kappa shape index (κ1) is 20.6. The van der Waals surface area contributed by atoms with Crippen molar-refractivity contribution in [3.8, 4) is 22.6 Å². The van der Waals surface area contributed by atoms with Gasteiger partial charge in [0.2, 0.25) is 0 Å². The second kappa shape index (κ2) is 8.20. The monoisotopic (exact) mass is 420 g/mol. The molecule has 0 aliphatic heterocycles. The summed E-state index contributed by atoms with van der Waals surface area (Å²) >= 11 is 0. The van der Waals surface area contributed by atoms with Crippen molar-refractivity contribution < 1.29 is 32.5 Å². The Morgan fingerprint density at radius 1 is 1.03 bits per heavy atom. The van der Waals surface area contributed by atoms with Gasteiger partial charge in [-0.1, -0.05) is 31.0 Å². The molecule has 160 valence electrons. The lowest BCUT2D eigenvalue weighted by molar-refractivity contribution is -0.274. The van der Waals surface area contributed by atoms with Gasteiger partial charge in [-0.2, -0.15) is 0 Å². The van der Waals surface area contributed by atoms with Crippen molar-refractivity contribution in [1.29, 1.82) is 0 Å². The summed E-state index contributed by atoms with van der Waals surface area (Å²) < 4.78 is 47.2. The first-order valence-electron chi connectivity index (χ1n) is 10.1. The molecule has 2 aliphatic rings. The van der Waals surface area contributed by atoms with Crippen LogP contribution in [0.2, 0.25) is 0 Å². The Morgan fingerprint density at radius 2 is 1.70 bits per heavy atom. The number of carboxylic acids is 1. The summed E-state index contributed by atoms with van der Waals surface area (Å²) in [6.45, 7) is 0.575. The standard InChI is InChI=1S/C23H23F3O4/c24-23(25,26)30-18-8-5-16(6-9-18)19-12-17(20(22(27)28)11-14-1-2-14)7-10-21(19)29-13-15-3-4-15/h5-10,12,14-15,20H,1-4,11,13H2,(H,27,28). The van der Waals surface area contributed by atoms with Crippen molar-refractivity contribution in [2.75, 3.05) is 6.61 Å². The molecule has 2 saturated carbocycles.